The number of thiol groups is 1. The molecule has 0 spiro atoms. The molecule has 0 heterocycles. The van der Waals surface area contributed by atoms with E-state index in [1.165, 1.54) is 12.1 Å². The molecule has 2 nitrogen and oxygen atoms in total. The van der Waals surface area contributed by atoms with Crippen LogP contribution in [0.15, 0.2) is 52.9 Å². The van der Waals surface area contributed by atoms with Crippen molar-refractivity contribution in [1.82, 2.24) is 0 Å². The second-order valence-corrected chi connectivity index (χ2v) is 4.30. The average Bonchev–Trinajstić information content (AvgIpc) is 2.46. The van der Waals surface area contributed by atoms with Gasteiger partial charge in [-0.05, 0) is 43.5 Å². The molecule has 4 heteroatoms. The zero-order chi connectivity index (χ0) is 13.7. The lowest BCUT2D eigenvalue weighted by atomic mass is 10.1. The first-order valence-electron chi connectivity index (χ1n) is 5.86. The molecule has 2 aromatic carbocycles. The van der Waals surface area contributed by atoms with Gasteiger partial charge in [0.1, 0.15) is 18.2 Å². The van der Waals surface area contributed by atoms with Gasteiger partial charge in [-0.25, -0.2) is 8.79 Å². The Morgan fingerprint density at radius 1 is 1.21 bits per heavy atom. The van der Waals surface area contributed by atoms with Crippen LogP contribution in [0.5, 0.6) is 5.75 Å². The fraction of sp³-hybridized carbons (Fsp3) is 0.133. The normalized spacial score (nSPS) is 11.4. The topological polar surface area (TPSA) is 21.6 Å². The third kappa shape index (κ3) is 3.58. The van der Waals surface area contributed by atoms with Gasteiger partial charge in [-0.1, -0.05) is 30.3 Å². The Morgan fingerprint density at radius 3 is 2.63 bits per heavy atom. The van der Waals surface area contributed by atoms with Crippen molar-refractivity contribution in [3.8, 4) is 5.75 Å². The molecule has 0 bridgehead atoms. The van der Waals surface area contributed by atoms with E-state index in [9.17, 15) is 4.39 Å². The minimum atomic E-state index is -0.321. The first-order valence-corrected chi connectivity index (χ1v) is 6.26. The van der Waals surface area contributed by atoms with E-state index in [0.717, 1.165) is 5.56 Å². The van der Waals surface area contributed by atoms with Crippen LogP contribution in [-0.2, 0) is 6.61 Å². The number of halogens is 1. The zero-order valence-electron chi connectivity index (χ0n) is 10.5. The molecule has 0 aliphatic rings. The predicted molar refractivity (Wildman–Crippen MR) is 78.4 cm³/mol. The van der Waals surface area contributed by atoms with Gasteiger partial charge in [-0.15, -0.1) is 0 Å². The third-order valence-corrected chi connectivity index (χ3v) is 3.02. The monoisotopic (exact) mass is 275 g/mol. The molecule has 0 unspecified atom stereocenters. The van der Waals surface area contributed by atoms with Gasteiger partial charge < -0.3 is 4.74 Å². The highest BCUT2D eigenvalue weighted by molar-refractivity contribution is 7.79. The SMILES string of the molecule is CC(=NS)c1cc(F)ccc1OCc1ccccc1. The van der Waals surface area contributed by atoms with Crippen LogP contribution in [0, 0.1) is 5.82 Å². The first-order chi connectivity index (χ1) is 9.20. The van der Waals surface area contributed by atoms with Gasteiger partial charge in [0.25, 0.3) is 0 Å². The summed E-state index contributed by atoms with van der Waals surface area (Å²) in [6, 6.07) is 14.2. The number of hydrogen-bond donors (Lipinski definition) is 1. The minimum Gasteiger partial charge on any atom is -0.488 e. The summed E-state index contributed by atoms with van der Waals surface area (Å²) >= 11 is 3.86. The molecule has 98 valence electrons. The summed E-state index contributed by atoms with van der Waals surface area (Å²) in [5.41, 5.74) is 2.29. The highest BCUT2D eigenvalue weighted by Crippen LogP contribution is 2.22. The molecule has 2 rings (SSSR count). The van der Waals surface area contributed by atoms with Crippen LogP contribution >= 0.6 is 12.8 Å². The maximum atomic E-state index is 13.3. The smallest absolute Gasteiger partial charge is 0.129 e. The van der Waals surface area contributed by atoms with E-state index in [4.69, 9.17) is 4.74 Å². The van der Waals surface area contributed by atoms with Crippen LogP contribution in [-0.4, -0.2) is 5.71 Å². The number of ether oxygens (including phenoxy) is 1. The average molecular weight is 275 g/mol. The van der Waals surface area contributed by atoms with Crippen molar-refractivity contribution >= 4 is 18.5 Å². The first kappa shape index (κ1) is 13.6. The summed E-state index contributed by atoms with van der Waals surface area (Å²) in [4.78, 5) is 0. The van der Waals surface area contributed by atoms with Crippen molar-refractivity contribution < 1.29 is 9.13 Å². The highest BCUT2D eigenvalue weighted by Gasteiger charge is 2.08. The van der Waals surface area contributed by atoms with Crippen molar-refractivity contribution in [3.63, 3.8) is 0 Å². The molecule has 0 saturated heterocycles. The van der Waals surface area contributed by atoms with Crippen molar-refractivity contribution in [2.24, 2.45) is 4.40 Å². The Balaban J connectivity index is 2.20. The van der Waals surface area contributed by atoms with Crippen molar-refractivity contribution in [2.45, 2.75) is 13.5 Å². The third-order valence-electron chi connectivity index (χ3n) is 2.72. The van der Waals surface area contributed by atoms with Crippen LogP contribution in [0.1, 0.15) is 18.1 Å². The summed E-state index contributed by atoms with van der Waals surface area (Å²) in [6.07, 6.45) is 0. The quantitative estimate of drug-likeness (QED) is 0.659. The molecule has 19 heavy (non-hydrogen) atoms. The maximum absolute atomic E-state index is 13.3. The van der Waals surface area contributed by atoms with Gasteiger partial charge in [0.15, 0.2) is 0 Å². The molecule has 0 aliphatic carbocycles. The van der Waals surface area contributed by atoms with Crippen molar-refractivity contribution in [2.75, 3.05) is 0 Å². The fourth-order valence-corrected chi connectivity index (χ4v) is 1.81. The molecule has 0 radical (unpaired) electrons. The van der Waals surface area contributed by atoms with E-state index in [1.54, 1.807) is 13.0 Å². The van der Waals surface area contributed by atoms with E-state index in [-0.39, 0.29) is 5.82 Å². The van der Waals surface area contributed by atoms with E-state index in [0.29, 0.717) is 23.6 Å². The number of benzene rings is 2. The van der Waals surface area contributed by atoms with Crippen molar-refractivity contribution in [1.29, 1.82) is 0 Å². The molecule has 0 N–H and O–H groups in total. The molecular formula is C15H14FNOS. The molecular weight excluding hydrogens is 261 g/mol. The molecule has 0 saturated carbocycles. The summed E-state index contributed by atoms with van der Waals surface area (Å²) in [5, 5.41) is 0. The Kier molecular flexibility index (Phi) is 4.58. The van der Waals surface area contributed by atoms with Crippen LogP contribution in [0.25, 0.3) is 0 Å². The molecule has 0 amide bonds. The molecule has 2 aromatic rings. The van der Waals surface area contributed by atoms with Gasteiger partial charge >= 0.3 is 0 Å². The maximum Gasteiger partial charge on any atom is 0.129 e. The predicted octanol–water partition coefficient (Wildman–Crippen LogP) is 4.06. The lowest BCUT2D eigenvalue weighted by Crippen LogP contribution is -2.02. The Labute approximate surface area is 117 Å². The number of nitrogens with zero attached hydrogens (tertiary/aromatic N) is 1. The van der Waals surface area contributed by atoms with E-state index < -0.39 is 0 Å². The Bertz CT molecular complexity index is 584. The van der Waals surface area contributed by atoms with Crippen LogP contribution < -0.4 is 4.74 Å². The van der Waals surface area contributed by atoms with Gasteiger partial charge in [0, 0.05) is 5.56 Å². The lowest BCUT2D eigenvalue weighted by Gasteiger charge is -2.11. The molecule has 0 aromatic heterocycles. The largest absolute Gasteiger partial charge is 0.488 e. The van der Waals surface area contributed by atoms with Gasteiger partial charge in [0.05, 0.1) is 5.71 Å². The van der Waals surface area contributed by atoms with Gasteiger partial charge in [-0.2, -0.15) is 0 Å². The van der Waals surface area contributed by atoms with E-state index >= 15 is 0 Å². The summed E-state index contributed by atoms with van der Waals surface area (Å²) in [6.45, 7) is 2.19. The van der Waals surface area contributed by atoms with Gasteiger partial charge in [0.2, 0.25) is 0 Å². The van der Waals surface area contributed by atoms with Gasteiger partial charge in [-0.3, -0.25) is 0 Å². The van der Waals surface area contributed by atoms with Crippen LogP contribution in [0.4, 0.5) is 4.39 Å². The van der Waals surface area contributed by atoms with E-state index in [1.807, 2.05) is 30.3 Å². The highest BCUT2D eigenvalue weighted by atomic mass is 32.1. The lowest BCUT2D eigenvalue weighted by molar-refractivity contribution is 0.305. The standard InChI is InChI=1S/C15H14FNOS/c1-11(17-19)14-9-13(16)7-8-15(14)18-10-12-5-3-2-4-6-12/h2-9,19H,10H2,1H3. The van der Waals surface area contributed by atoms with Crippen molar-refractivity contribution in [3.05, 3.63) is 65.5 Å². The van der Waals surface area contributed by atoms with E-state index in [2.05, 4.69) is 17.2 Å². The Morgan fingerprint density at radius 2 is 1.95 bits per heavy atom. The Hall–Kier alpha value is -1.81. The minimum absolute atomic E-state index is 0.321. The molecule has 0 fully saturated rings. The molecule has 0 atom stereocenters. The fourth-order valence-electron chi connectivity index (χ4n) is 1.70. The van der Waals surface area contributed by atoms with Crippen LogP contribution in [0.3, 0.4) is 0 Å². The van der Waals surface area contributed by atoms with Crippen LogP contribution in [0.2, 0.25) is 0 Å². The zero-order valence-corrected chi connectivity index (χ0v) is 11.4. The second kappa shape index (κ2) is 6.38. The summed E-state index contributed by atoms with van der Waals surface area (Å²) in [7, 11) is 0. The summed E-state index contributed by atoms with van der Waals surface area (Å²) in [5.74, 6) is 0.277. The number of rotatable bonds is 4. The summed E-state index contributed by atoms with van der Waals surface area (Å²) < 4.78 is 22.8. The second-order valence-electron chi connectivity index (χ2n) is 4.10. The molecule has 0 aliphatic heterocycles. The number of hydrogen-bond acceptors (Lipinski definition) is 3.